The van der Waals surface area contributed by atoms with Crippen molar-refractivity contribution < 1.29 is 14.6 Å². The molecule has 54 heavy (non-hydrogen) atoms. The van der Waals surface area contributed by atoms with Crippen LogP contribution in [0.15, 0.2) is 103 Å². The van der Waals surface area contributed by atoms with E-state index in [9.17, 15) is 14.6 Å². The first-order valence-corrected chi connectivity index (χ1v) is 20.3. The molecule has 2 aromatic heterocycles. The molecule has 0 atom stereocenters. The van der Waals surface area contributed by atoms with E-state index in [0.29, 0.717) is 5.35 Å². The lowest BCUT2D eigenvalue weighted by Crippen LogP contribution is -2.18. The average Bonchev–Trinajstić information content (AvgIpc) is 3.80. The Hall–Kier alpha value is -4.99. The fraction of sp³-hybridized carbons (Fsp3) is 0.289. The van der Waals surface area contributed by atoms with Gasteiger partial charge in [0.2, 0.25) is 0 Å². The lowest BCUT2D eigenvalue weighted by Gasteiger charge is -2.07. The van der Waals surface area contributed by atoms with Crippen LogP contribution in [0, 0.1) is 6.92 Å². The highest BCUT2D eigenvalue weighted by molar-refractivity contribution is 7.21. The zero-order chi connectivity index (χ0) is 40.5. The number of phenols is 1. The smallest absolute Gasteiger partial charge is 0.124 e. The van der Waals surface area contributed by atoms with Crippen LogP contribution in [0.3, 0.4) is 0 Å². The van der Waals surface area contributed by atoms with Gasteiger partial charge < -0.3 is 20.8 Å². The fourth-order valence-corrected chi connectivity index (χ4v) is 6.40. The fourth-order valence-electron chi connectivity index (χ4n) is 4.43. The molecule has 0 bridgehead atoms. The number of nitrogens with one attached hydrogen (secondary N) is 2. The summed E-state index contributed by atoms with van der Waals surface area (Å²) in [6.45, 7) is 24.8. The van der Waals surface area contributed by atoms with Crippen LogP contribution in [-0.2, 0) is 6.54 Å². The van der Waals surface area contributed by atoms with Gasteiger partial charge in [-0.3, -0.25) is 4.39 Å². The number of hydrogen-bond donors (Lipinski definition) is 4. The van der Waals surface area contributed by atoms with Crippen LogP contribution in [0.4, 0.5) is 15.8 Å². The molecule has 4 aromatic carbocycles. The Labute approximate surface area is 330 Å². The van der Waals surface area contributed by atoms with E-state index in [0.717, 1.165) is 60.4 Å². The molecule has 0 saturated carbocycles. The van der Waals surface area contributed by atoms with Crippen LogP contribution in [-0.4, -0.2) is 33.4 Å². The van der Waals surface area contributed by atoms with Gasteiger partial charge in [0.25, 0.3) is 0 Å². The molecule has 0 spiro atoms. The maximum Gasteiger partial charge on any atom is 0.124 e. The third kappa shape index (κ3) is 15.5. The Kier molecular flexibility index (Phi) is 23.3. The van der Waals surface area contributed by atoms with Crippen LogP contribution in [0.5, 0.6) is 5.75 Å². The number of anilines is 2. The lowest BCUT2D eigenvalue weighted by atomic mass is 10.1. The molecule has 9 heteroatoms. The average molecular weight is 771 g/mol. The Morgan fingerprint density at radius 3 is 1.80 bits per heavy atom. The maximum absolute atomic E-state index is 10.3. The first-order valence-electron chi connectivity index (χ1n) is 18.6. The molecule has 4 N–H and O–H groups in total. The molecular formula is C45H59FN4O2S2. The van der Waals surface area contributed by atoms with Gasteiger partial charge in [0.05, 0.1) is 26.8 Å². The topological polar surface area (TPSA) is 90.3 Å². The van der Waals surface area contributed by atoms with Crippen molar-refractivity contribution in [2.45, 2.75) is 75.8 Å². The van der Waals surface area contributed by atoms with Crippen molar-refractivity contribution in [1.29, 1.82) is 0 Å². The molecule has 290 valence electrons. The molecule has 6 rings (SSSR count). The summed E-state index contributed by atoms with van der Waals surface area (Å²) in [7, 11) is 0. The normalized spacial score (nSPS) is 10.4. The standard InChI is InChI=1S/C21H18N2OS.C16H18N2OS.C2H5F.3C2H6/c1-14-2-4-15(5-3-14)13-22-17-8-6-16(7-9-17)21-23-19-11-10-18(24)12-20(19)25-21;1-4-14(19)10-15-11(3)18-16(20-15)12-6-8-13(9-7-12)17-5-2;1-2-3;3*1-2/h2-12,22,24H,13H2,1H3;4,6-10,17,19H,3,5H2,1-2H3;2H2,1H3;3*1-2H3/b;14-4+,15-10+;;;;. The highest BCUT2D eigenvalue weighted by Crippen LogP contribution is 2.32. The number of benzene rings is 4. The van der Waals surface area contributed by atoms with Crippen molar-refractivity contribution in [3.63, 3.8) is 0 Å². The van der Waals surface area contributed by atoms with E-state index >= 15 is 0 Å². The predicted octanol–water partition coefficient (Wildman–Crippen LogP) is 12.5. The zero-order valence-corrected chi connectivity index (χ0v) is 35.3. The van der Waals surface area contributed by atoms with Crippen LogP contribution in [0.2, 0.25) is 0 Å². The second-order valence-corrected chi connectivity index (χ2v) is 12.7. The minimum Gasteiger partial charge on any atom is -0.508 e. The van der Waals surface area contributed by atoms with Gasteiger partial charge in [-0.2, -0.15) is 0 Å². The third-order valence-corrected chi connectivity index (χ3v) is 9.10. The van der Waals surface area contributed by atoms with Gasteiger partial charge in [0, 0.05) is 35.6 Å². The number of alkyl halides is 1. The molecular weight excluding hydrogens is 712 g/mol. The molecule has 0 aliphatic heterocycles. The van der Waals surface area contributed by atoms with Crippen LogP contribution in [0.25, 0.3) is 44.0 Å². The lowest BCUT2D eigenvalue weighted by molar-refractivity contribution is 0.440. The molecule has 6 nitrogen and oxygen atoms in total. The Bertz CT molecular complexity index is 2040. The van der Waals surface area contributed by atoms with Crippen molar-refractivity contribution in [2.75, 3.05) is 23.9 Å². The van der Waals surface area contributed by atoms with E-state index in [1.54, 1.807) is 42.5 Å². The van der Waals surface area contributed by atoms with Gasteiger partial charge in [0.15, 0.2) is 0 Å². The van der Waals surface area contributed by atoms with Gasteiger partial charge in [-0.05, 0) is 112 Å². The van der Waals surface area contributed by atoms with Crippen LogP contribution < -0.4 is 20.5 Å². The summed E-state index contributed by atoms with van der Waals surface area (Å²) in [6.07, 6.45) is 3.33. The molecule has 2 heterocycles. The number of thiazole rings is 2. The summed E-state index contributed by atoms with van der Waals surface area (Å²) in [5.74, 6) is 0.506. The highest BCUT2D eigenvalue weighted by Gasteiger charge is 2.07. The monoisotopic (exact) mass is 770 g/mol. The summed E-state index contributed by atoms with van der Waals surface area (Å²) in [5, 5.41) is 28.4. The van der Waals surface area contributed by atoms with Crippen molar-refractivity contribution in [1.82, 2.24) is 9.97 Å². The number of fused-ring (bicyclic) bond motifs is 1. The number of aromatic nitrogens is 2. The number of allylic oxidation sites excluding steroid dienone is 2. The second-order valence-electron chi connectivity index (χ2n) is 10.7. The molecule has 0 radical (unpaired) electrons. The largest absolute Gasteiger partial charge is 0.508 e. The predicted molar refractivity (Wildman–Crippen MR) is 238 cm³/mol. The van der Waals surface area contributed by atoms with E-state index in [4.69, 9.17) is 0 Å². The number of hydrogen-bond acceptors (Lipinski definition) is 8. The first kappa shape index (κ1) is 47.0. The van der Waals surface area contributed by atoms with Crippen molar-refractivity contribution >= 4 is 56.9 Å². The SMILES string of the molecule is C=c1nc(-c2ccc(NCC)cc2)s/c1=C/C(O)=C\C.CC.CC.CC.CCF.Cc1ccc(CNc2ccc(-c3nc4ccc(O)cc4s3)cc2)cc1. The number of aliphatic hydroxyl groups excluding tert-OH is 1. The van der Waals surface area contributed by atoms with Gasteiger partial charge in [-0.25, -0.2) is 9.97 Å². The number of aromatic hydroxyl groups is 1. The molecule has 0 unspecified atom stereocenters. The summed E-state index contributed by atoms with van der Waals surface area (Å²) in [6, 6.07) is 30.3. The molecule has 0 amide bonds. The van der Waals surface area contributed by atoms with Gasteiger partial charge >= 0.3 is 0 Å². The first-order chi connectivity index (χ1) is 26.2. The number of rotatable bonds is 8. The zero-order valence-electron chi connectivity index (χ0n) is 33.6. The van der Waals surface area contributed by atoms with E-state index in [-0.39, 0.29) is 18.2 Å². The van der Waals surface area contributed by atoms with E-state index < -0.39 is 0 Å². The summed E-state index contributed by atoms with van der Waals surface area (Å²) in [4.78, 5) is 9.10. The van der Waals surface area contributed by atoms with Crippen molar-refractivity contribution in [3.8, 4) is 26.9 Å². The number of nitrogens with zero attached hydrogens (tertiary/aromatic N) is 2. The Morgan fingerprint density at radius 1 is 0.759 bits per heavy atom. The number of halogens is 1. The van der Waals surface area contributed by atoms with E-state index in [1.165, 1.54) is 29.4 Å². The van der Waals surface area contributed by atoms with Crippen LogP contribution in [0.1, 0.15) is 73.4 Å². The summed E-state index contributed by atoms with van der Waals surface area (Å²) in [5.41, 5.74) is 7.78. The summed E-state index contributed by atoms with van der Waals surface area (Å²) < 4.78 is 12.2. The second kappa shape index (κ2) is 26.7. The molecule has 6 aromatic rings. The minimum absolute atomic E-state index is 0.229. The van der Waals surface area contributed by atoms with Crippen molar-refractivity contribution in [3.05, 3.63) is 124 Å². The van der Waals surface area contributed by atoms with E-state index in [2.05, 4.69) is 89.6 Å². The van der Waals surface area contributed by atoms with Gasteiger partial charge in [0.1, 0.15) is 21.5 Å². The van der Waals surface area contributed by atoms with Gasteiger partial charge in [-0.1, -0.05) is 78.0 Å². The number of phenolic OH excluding ortho intramolecular Hbond substituents is 1. The number of aliphatic hydroxyl groups is 1. The third-order valence-electron chi connectivity index (χ3n) is 6.94. The maximum atomic E-state index is 10.3. The van der Waals surface area contributed by atoms with Crippen molar-refractivity contribution in [2.24, 2.45) is 0 Å². The quantitative estimate of drug-likeness (QED) is 0.115. The minimum atomic E-state index is -0.250. The molecule has 0 aliphatic rings. The van der Waals surface area contributed by atoms with Gasteiger partial charge in [-0.15, -0.1) is 22.7 Å². The number of aryl methyl sites for hydroxylation is 1. The highest BCUT2D eigenvalue weighted by atomic mass is 32.1. The Morgan fingerprint density at radius 2 is 1.28 bits per heavy atom. The van der Waals surface area contributed by atoms with Crippen LogP contribution >= 0.6 is 22.7 Å². The molecule has 0 aliphatic carbocycles. The van der Waals surface area contributed by atoms with E-state index in [1.807, 2.05) is 71.9 Å². The summed E-state index contributed by atoms with van der Waals surface area (Å²) >= 11 is 3.12. The molecule has 0 fully saturated rings. The molecule has 0 saturated heterocycles. The Balaban J connectivity index is 0.000000454.